The van der Waals surface area contributed by atoms with E-state index in [2.05, 4.69) is 16.0 Å². The number of carbonyl (C=O) groups excluding carboxylic acids is 2. The van der Waals surface area contributed by atoms with Crippen molar-refractivity contribution >= 4 is 46.3 Å². The van der Waals surface area contributed by atoms with Crippen LogP contribution in [-0.2, 0) is 0 Å². The molecular formula is C20H15ClN4O4. The summed E-state index contributed by atoms with van der Waals surface area (Å²) in [6.07, 6.45) is 0. The van der Waals surface area contributed by atoms with Crippen LogP contribution in [-0.4, -0.2) is 16.9 Å². The number of hydrogen-bond donors (Lipinski definition) is 3. The van der Waals surface area contributed by atoms with Gasteiger partial charge in [0.1, 0.15) is 0 Å². The van der Waals surface area contributed by atoms with E-state index in [9.17, 15) is 19.7 Å². The van der Waals surface area contributed by atoms with Crippen molar-refractivity contribution in [3.8, 4) is 0 Å². The number of rotatable bonds is 5. The van der Waals surface area contributed by atoms with E-state index in [4.69, 9.17) is 11.6 Å². The summed E-state index contributed by atoms with van der Waals surface area (Å²) in [5, 5.41) is 18.7. The summed E-state index contributed by atoms with van der Waals surface area (Å²) < 4.78 is 0. The number of halogens is 1. The molecule has 9 heteroatoms. The molecule has 0 saturated heterocycles. The minimum absolute atomic E-state index is 0.0208. The predicted octanol–water partition coefficient (Wildman–Crippen LogP) is 5.14. The van der Waals surface area contributed by atoms with Gasteiger partial charge in [-0.3, -0.25) is 14.9 Å². The molecular weight excluding hydrogens is 396 g/mol. The Morgan fingerprint density at radius 2 is 1.34 bits per heavy atom. The average molecular weight is 411 g/mol. The van der Waals surface area contributed by atoms with Gasteiger partial charge in [-0.15, -0.1) is 0 Å². The molecule has 0 aliphatic rings. The Balaban J connectivity index is 1.61. The fraction of sp³-hybridized carbons (Fsp3) is 0. The van der Waals surface area contributed by atoms with Crippen molar-refractivity contribution in [2.75, 3.05) is 16.0 Å². The summed E-state index contributed by atoms with van der Waals surface area (Å²) in [7, 11) is 0. The number of carbonyl (C=O) groups is 2. The zero-order chi connectivity index (χ0) is 20.8. The van der Waals surface area contributed by atoms with E-state index in [1.54, 1.807) is 36.4 Å². The van der Waals surface area contributed by atoms with Gasteiger partial charge >= 0.3 is 6.03 Å². The van der Waals surface area contributed by atoms with Crippen molar-refractivity contribution in [3.63, 3.8) is 0 Å². The van der Waals surface area contributed by atoms with Crippen LogP contribution < -0.4 is 16.0 Å². The van der Waals surface area contributed by atoms with E-state index in [0.717, 1.165) is 6.07 Å². The van der Waals surface area contributed by atoms with Crippen LogP contribution in [0.1, 0.15) is 10.4 Å². The number of nitrogens with one attached hydrogen (secondary N) is 3. The van der Waals surface area contributed by atoms with E-state index in [-0.39, 0.29) is 16.3 Å². The topological polar surface area (TPSA) is 113 Å². The number of amides is 3. The maximum atomic E-state index is 12.3. The second-order valence-electron chi connectivity index (χ2n) is 5.90. The van der Waals surface area contributed by atoms with Gasteiger partial charge in [0.15, 0.2) is 0 Å². The first-order valence-corrected chi connectivity index (χ1v) is 8.78. The second-order valence-corrected chi connectivity index (χ2v) is 6.31. The highest BCUT2D eigenvalue weighted by Crippen LogP contribution is 2.24. The number of benzene rings is 3. The molecule has 0 saturated carbocycles. The highest BCUT2D eigenvalue weighted by molar-refractivity contribution is 6.34. The number of hydrogen-bond acceptors (Lipinski definition) is 4. The van der Waals surface area contributed by atoms with E-state index < -0.39 is 16.9 Å². The van der Waals surface area contributed by atoms with E-state index in [1.807, 2.05) is 18.2 Å². The third-order valence-electron chi connectivity index (χ3n) is 3.84. The van der Waals surface area contributed by atoms with Crippen molar-refractivity contribution in [1.82, 2.24) is 0 Å². The molecule has 3 N–H and O–H groups in total. The van der Waals surface area contributed by atoms with Gasteiger partial charge in [0.05, 0.1) is 15.5 Å². The smallest absolute Gasteiger partial charge is 0.322 e. The molecule has 0 aliphatic carbocycles. The maximum absolute atomic E-state index is 12.3. The predicted molar refractivity (Wildman–Crippen MR) is 112 cm³/mol. The number of anilines is 3. The fourth-order valence-electron chi connectivity index (χ4n) is 2.45. The normalized spacial score (nSPS) is 10.1. The molecule has 8 nitrogen and oxygen atoms in total. The standard InChI is InChI=1S/C20H15ClN4O4/c21-18-12-16(25(28)29)10-11-17(18)19(26)22-14-6-8-15(9-7-14)24-20(27)23-13-4-2-1-3-5-13/h1-12H,(H,22,26)(H2,23,24,27). The zero-order valence-electron chi connectivity index (χ0n) is 14.9. The minimum Gasteiger partial charge on any atom is -0.322 e. The molecule has 3 amide bonds. The van der Waals surface area contributed by atoms with Crippen LogP contribution in [0.5, 0.6) is 0 Å². The quantitative estimate of drug-likeness (QED) is 0.399. The number of nitro benzene ring substituents is 1. The molecule has 0 fully saturated rings. The zero-order valence-corrected chi connectivity index (χ0v) is 15.6. The lowest BCUT2D eigenvalue weighted by atomic mass is 10.2. The first-order chi connectivity index (χ1) is 13.9. The maximum Gasteiger partial charge on any atom is 0.323 e. The van der Waals surface area contributed by atoms with Gasteiger partial charge in [-0.1, -0.05) is 29.8 Å². The molecule has 146 valence electrons. The molecule has 0 heterocycles. The lowest BCUT2D eigenvalue weighted by molar-refractivity contribution is -0.384. The summed E-state index contributed by atoms with van der Waals surface area (Å²) in [4.78, 5) is 34.5. The molecule has 0 atom stereocenters. The minimum atomic E-state index is -0.590. The first kappa shape index (κ1) is 19.8. The second kappa shape index (κ2) is 8.85. The number of nitrogens with zero attached hydrogens (tertiary/aromatic N) is 1. The fourth-order valence-corrected chi connectivity index (χ4v) is 2.71. The molecule has 0 spiro atoms. The Labute approximate surface area is 170 Å². The largest absolute Gasteiger partial charge is 0.323 e. The average Bonchev–Trinajstić information content (AvgIpc) is 2.70. The van der Waals surface area contributed by atoms with E-state index in [0.29, 0.717) is 17.1 Å². The SMILES string of the molecule is O=C(Nc1ccccc1)Nc1ccc(NC(=O)c2ccc([N+](=O)[O-])cc2Cl)cc1. The summed E-state index contributed by atoms with van der Waals surface area (Å²) in [5.74, 6) is -0.507. The first-order valence-electron chi connectivity index (χ1n) is 8.41. The van der Waals surface area contributed by atoms with Gasteiger partial charge in [0.25, 0.3) is 11.6 Å². The summed E-state index contributed by atoms with van der Waals surface area (Å²) >= 11 is 5.96. The molecule has 0 unspecified atom stereocenters. The van der Waals surface area contributed by atoms with Crippen molar-refractivity contribution in [1.29, 1.82) is 0 Å². The highest BCUT2D eigenvalue weighted by Gasteiger charge is 2.15. The lowest BCUT2D eigenvalue weighted by Crippen LogP contribution is -2.19. The van der Waals surface area contributed by atoms with Gasteiger partial charge < -0.3 is 16.0 Å². The third kappa shape index (κ3) is 5.30. The van der Waals surface area contributed by atoms with E-state index >= 15 is 0 Å². The number of para-hydroxylation sites is 1. The molecule has 3 aromatic rings. The Kier molecular flexibility index (Phi) is 6.06. The monoisotopic (exact) mass is 410 g/mol. The van der Waals surface area contributed by atoms with Crippen LogP contribution in [0.15, 0.2) is 72.8 Å². The van der Waals surface area contributed by atoms with Crippen LogP contribution in [0, 0.1) is 10.1 Å². The van der Waals surface area contributed by atoms with Crippen molar-refractivity contribution in [2.24, 2.45) is 0 Å². The Morgan fingerprint density at radius 1 is 0.793 bits per heavy atom. The van der Waals surface area contributed by atoms with Crippen LogP contribution in [0.4, 0.5) is 27.5 Å². The number of urea groups is 1. The van der Waals surface area contributed by atoms with Gasteiger partial charge in [-0.05, 0) is 42.5 Å². The Hall–Kier alpha value is -3.91. The van der Waals surface area contributed by atoms with E-state index in [1.165, 1.54) is 12.1 Å². The van der Waals surface area contributed by atoms with Crippen molar-refractivity contribution in [2.45, 2.75) is 0 Å². The molecule has 0 radical (unpaired) electrons. The lowest BCUT2D eigenvalue weighted by Gasteiger charge is -2.10. The molecule has 29 heavy (non-hydrogen) atoms. The van der Waals surface area contributed by atoms with Crippen molar-refractivity contribution in [3.05, 3.63) is 93.5 Å². The molecule has 0 aromatic heterocycles. The Bertz CT molecular complexity index is 1060. The summed E-state index contributed by atoms with van der Waals surface area (Å²) in [5.41, 5.74) is 1.58. The van der Waals surface area contributed by atoms with Crippen molar-refractivity contribution < 1.29 is 14.5 Å². The number of nitro groups is 1. The number of non-ortho nitro benzene ring substituents is 1. The van der Waals surface area contributed by atoms with Crippen LogP contribution in [0.3, 0.4) is 0 Å². The van der Waals surface area contributed by atoms with Crippen LogP contribution in [0.25, 0.3) is 0 Å². The van der Waals surface area contributed by atoms with Gasteiger partial charge in [-0.2, -0.15) is 0 Å². The van der Waals surface area contributed by atoms with Gasteiger partial charge in [0, 0.05) is 29.2 Å². The summed E-state index contributed by atoms with van der Waals surface area (Å²) in [6, 6.07) is 18.7. The highest BCUT2D eigenvalue weighted by atomic mass is 35.5. The molecule has 0 aliphatic heterocycles. The molecule has 3 aromatic carbocycles. The van der Waals surface area contributed by atoms with Gasteiger partial charge in [-0.25, -0.2) is 4.79 Å². The molecule has 3 rings (SSSR count). The van der Waals surface area contributed by atoms with Crippen LogP contribution in [0.2, 0.25) is 5.02 Å². The Morgan fingerprint density at radius 3 is 1.90 bits per heavy atom. The van der Waals surface area contributed by atoms with Crippen LogP contribution >= 0.6 is 11.6 Å². The third-order valence-corrected chi connectivity index (χ3v) is 4.15. The van der Waals surface area contributed by atoms with Gasteiger partial charge in [0.2, 0.25) is 0 Å². The molecule has 0 bridgehead atoms. The summed E-state index contributed by atoms with van der Waals surface area (Å²) in [6.45, 7) is 0.